The average Bonchev–Trinajstić information content (AvgIpc) is 2.61. The summed E-state index contributed by atoms with van der Waals surface area (Å²) in [6.45, 7) is 6.53. The van der Waals surface area contributed by atoms with Crippen molar-refractivity contribution in [3.8, 4) is 0 Å². The third-order valence-corrected chi connectivity index (χ3v) is 4.76. The van der Waals surface area contributed by atoms with E-state index in [1.165, 1.54) is 0 Å². The molecule has 1 aromatic heterocycles. The normalized spacial score (nSPS) is 14.4. The number of unbranched alkanes of at least 4 members (excludes halogenated alkanes) is 1. The van der Waals surface area contributed by atoms with E-state index in [4.69, 9.17) is 5.11 Å². The fourth-order valence-corrected chi connectivity index (χ4v) is 2.26. The molecule has 0 bridgehead atoms. The number of aliphatic carboxylic acids is 1. The molecule has 0 spiro atoms. The van der Waals surface area contributed by atoms with Crippen LogP contribution in [0.25, 0.3) is 0 Å². The van der Waals surface area contributed by atoms with Crippen LogP contribution in [0.5, 0.6) is 0 Å². The van der Waals surface area contributed by atoms with Crippen LogP contribution in [0.15, 0.2) is 4.47 Å². The molecule has 0 fully saturated rings. The number of hydrogen-bond acceptors (Lipinski definition) is 3. The summed E-state index contributed by atoms with van der Waals surface area (Å²) in [5, 5.41) is 16.5. The monoisotopic (exact) mass is 331 g/mol. The lowest BCUT2D eigenvalue weighted by Gasteiger charge is -2.23. The first-order valence-electron chi connectivity index (χ1n) is 6.43. The SMILES string of the molecule is CNC(C)(CCCCn1nc(C)c(Br)c1C)C(=O)O. The first-order valence-corrected chi connectivity index (χ1v) is 7.23. The Bertz CT molecular complexity index is 459. The third kappa shape index (κ3) is 3.79. The minimum Gasteiger partial charge on any atom is -0.480 e. The maximum absolute atomic E-state index is 11.1. The van der Waals surface area contributed by atoms with Crippen LogP contribution in [-0.4, -0.2) is 33.4 Å². The molecule has 1 unspecified atom stereocenters. The van der Waals surface area contributed by atoms with Gasteiger partial charge >= 0.3 is 5.97 Å². The second-order valence-corrected chi connectivity index (χ2v) is 5.85. The summed E-state index contributed by atoms with van der Waals surface area (Å²) in [6, 6.07) is 0. The predicted octanol–water partition coefficient (Wildman–Crippen LogP) is 2.50. The smallest absolute Gasteiger partial charge is 0.323 e. The average molecular weight is 332 g/mol. The van der Waals surface area contributed by atoms with Gasteiger partial charge in [-0.05, 0) is 63.0 Å². The number of carboxylic acids is 1. The van der Waals surface area contributed by atoms with Gasteiger partial charge in [0.05, 0.1) is 10.2 Å². The van der Waals surface area contributed by atoms with Crippen LogP contribution in [0.2, 0.25) is 0 Å². The standard InChI is InChI=1S/C13H22BrN3O2/c1-9-11(14)10(2)17(16-9)8-6-5-7-13(3,15-4)12(18)19/h15H,5-8H2,1-4H3,(H,18,19). The summed E-state index contributed by atoms with van der Waals surface area (Å²) in [7, 11) is 1.69. The molecule has 0 radical (unpaired) electrons. The Morgan fingerprint density at radius 3 is 2.53 bits per heavy atom. The van der Waals surface area contributed by atoms with Gasteiger partial charge in [0.2, 0.25) is 0 Å². The number of halogens is 1. The molecule has 0 amide bonds. The van der Waals surface area contributed by atoms with Gasteiger partial charge in [-0.25, -0.2) is 0 Å². The summed E-state index contributed by atoms with van der Waals surface area (Å²) in [6.07, 6.45) is 2.37. The van der Waals surface area contributed by atoms with Gasteiger partial charge in [0.15, 0.2) is 0 Å². The number of aromatic nitrogens is 2. The molecule has 5 nitrogen and oxygen atoms in total. The van der Waals surface area contributed by atoms with E-state index in [-0.39, 0.29) is 0 Å². The van der Waals surface area contributed by atoms with E-state index >= 15 is 0 Å². The number of nitrogens with one attached hydrogen (secondary N) is 1. The summed E-state index contributed by atoms with van der Waals surface area (Å²) in [5.74, 6) is -0.802. The summed E-state index contributed by atoms with van der Waals surface area (Å²) < 4.78 is 3.02. The van der Waals surface area contributed by atoms with Crippen molar-refractivity contribution in [2.24, 2.45) is 0 Å². The Kier molecular flexibility index (Phi) is 5.55. The Balaban J connectivity index is 2.47. The van der Waals surface area contributed by atoms with E-state index in [2.05, 4.69) is 26.3 Å². The van der Waals surface area contributed by atoms with E-state index in [9.17, 15) is 4.79 Å². The van der Waals surface area contributed by atoms with Gasteiger partial charge in [-0.1, -0.05) is 0 Å². The Morgan fingerprint density at radius 2 is 2.11 bits per heavy atom. The molecular weight excluding hydrogens is 310 g/mol. The summed E-state index contributed by atoms with van der Waals surface area (Å²) >= 11 is 3.50. The third-order valence-electron chi connectivity index (χ3n) is 3.61. The maximum Gasteiger partial charge on any atom is 0.323 e. The van der Waals surface area contributed by atoms with E-state index in [1.54, 1.807) is 14.0 Å². The van der Waals surface area contributed by atoms with Crippen molar-refractivity contribution in [2.75, 3.05) is 7.05 Å². The minimum atomic E-state index is -0.838. The van der Waals surface area contributed by atoms with Crippen LogP contribution >= 0.6 is 15.9 Å². The summed E-state index contributed by atoms with van der Waals surface area (Å²) in [4.78, 5) is 11.1. The lowest BCUT2D eigenvalue weighted by Crippen LogP contribution is -2.47. The predicted molar refractivity (Wildman–Crippen MR) is 78.4 cm³/mol. The van der Waals surface area contributed by atoms with Crippen molar-refractivity contribution in [3.05, 3.63) is 15.9 Å². The number of carboxylic acid groups (broad SMARTS) is 1. The molecule has 0 aliphatic heterocycles. The van der Waals surface area contributed by atoms with Gasteiger partial charge in [-0.3, -0.25) is 9.48 Å². The molecule has 0 aliphatic carbocycles. The molecule has 0 aliphatic rings. The number of rotatable bonds is 7. The van der Waals surface area contributed by atoms with Crippen molar-refractivity contribution >= 4 is 21.9 Å². The first kappa shape index (κ1) is 16.2. The second-order valence-electron chi connectivity index (χ2n) is 5.05. The molecule has 0 saturated heterocycles. The van der Waals surface area contributed by atoms with Gasteiger partial charge in [0.1, 0.15) is 5.54 Å². The highest BCUT2D eigenvalue weighted by molar-refractivity contribution is 9.10. The van der Waals surface area contributed by atoms with Crippen molar-refractivity contribution < 1.29 is 9.90 Å². The highest BCUT2D eigenvalue weighted by Crippen LogP contribution is 2.20. The molecule has 1 rings (SSSR count). The van der Waals surface area contributed by atoms with E-state index in [0.717, 1.165) is 35.2 Å². The second kappa shape index (κ2) is 6.52. The van der Waals surface area contributed by atoms with Gasteiger partial charge in [-0.2, -0.15) is 5.10 Å². The van der Waals surface area contributed by atoms with E-state index < -0.39 is 11.5 Å². The molecule has 0 aromatic carbocycles. The largest absolute Gasteiger partial charge is 0.480 e. The summed E-state index contributed by atoms with van der Waals surface area (Å²) in [5.41, 5.74) is 1.27. The van der Waals surface area contributed by atoms with Crippen LogP contribution in [0.1, 0.15) is 37.6 Å². The molecule has 1 aromatic rings. The molecule has 108 valence electrons. The lowest BCUT2D eigenvalue weighted by molar-refractivity contribution is -0.144. The number of nitrogens with zero attached hydrogens (tertiary/aromatic N) is 2. The molecule has 19 heavy (non-hydrogen) atoms. The quantitative estimate of drug-likeness (QED) is 0.753. The van der Waals surface area contributed by atoms with Crippen LogP contribution in [0.4, 0.5) is 0 Å². The number of hydrogen-bond donors (Lipinski definition) is 2. The van der Waals surface area contributed by atoms with Crippen molar-refractivity contribution in [1.29, 1.82) is 0 Å². The van der Waals surface area contributed by atoms with Crippen LogP contribution < -0.4 is 5.32 Å². The van der Waals surface area contributed by atoms with Gasteiger partial charge in [0.25, 0.3) is 0 Å². The van der Waals surface area contributed by atoms with E-state index in [1.807, 2.05) is 18.5 Å². The van der Waals surface area contributed by atoms with Crippen LogP contribution in [0, 0.1) is 13.8 Å². The number of carbonyl (C=O) groups is 1. The van der Waals surface area contributed by atoms with Gasteiger partial charge in [0, 0.05) is 12.2 Å². The zero-order valence-electron chi connectivity index (χ0n) is 12.0. The van der Waals surface area contributed by atoms with Gasteiger partial charge < -0.3 is 10.4 Å². The zero-order valence-corrected chi connectivity index (χ0v) is 13.5. The zero-order chi connectivity index (χ0) is 14.6. The topological polar surface area (TPSA) is 67.2 Å². The van der Waals surface area contributed by atoms with Crippen molar-refractivity contribution in [2.45, 2.75) is 52.1 Å². The highest BCUT2D eigenvalue weighted by Gasteiger charge is 2.30. The molecule has 1 atom stereocenters. The van der Waals surface area contributed by atoms with Gasteiger partial charge in [-0.15, -0.1) is 0 Å². The Morgan fingerprint density at radius 1 is 1.47 bits per heavy atom. The first-order chi connectivity index (χ1) is 8.81. The molecule has 6 heteroatoms. The Labute approximate surface area is 122 Å². The number of aryl methyl sites for hydroxylation is 2. The van der Waals surface area contributed by atoms with Crippen molar-refractivity contribution in [1.82, 2.24) is 15.1 Å². The fourth-order valence-electron chi connectivity index (χ4n) is 1.97. The molecule has 2 N–H and O–H groups in total. The molecular formula is C13H22BrN3O2. The highest BCUT2D eigenvalue weighted by atomic mass is 79.9. The number of likely N-dealkylation sites (N-methyl/N-ethyl adjacent to an activating group) is 1. The minimum absolute atomic E-state index is 0.610. The van der Waals surface area contributed by atoms with Crippen molar-refractivity contribution in [3.63, 3.8) is 0 Å². The van der Waals surface area contributed by atoms with Crippen LogP contribution in [-0.2, 0) is 11.3 Å². The fraction of sp³-hybridized carbons (Fsp3) is 0.692. The lowest BCUT2D eigenvalue weighted by atomic mass is 9.95. The molecule has 1 heterocycles. The van der Waals surface area contributed by atoms with E-state index in [0.29, 0.717) is 6.42 Å². The van der Waals surface area contributed by atoms with Crippen LogP contribution in [0.3, 0.4) is 0 Å². The Hall–Kier alpha value is -0.880. The maximum atomic E-state index is 11.1. The molecule has 0 saturated carbocycles.